The molecule has 29 heavy (non-hydrogen) atoms. The van der Waals surface area contributed by atoms with Crippen LogP contribution in [0, 0.1) is 10.1 Å². The van der Waals surface area contributed by atoms with Gasteiger partial charge in [-0.25, -0.2) is 4.98 Å². The van der Waals surface area contributed by atoms with Crippen LogP contribution in [0.15, 0.2) is 52.9 Å². The van der Waals surface area contributed by atoms with Crippen molar-refractivity contribution in [3.05, 3.63) is 58.6 Å². The molecule has 0 aliphatic heterocycles. The van der Waals surface area contributed by atoms with E-state index in [-0.39, 0.29) is 12.1 Å². The Hall–Kier alpha value is -2.98. The van der Waals surface area contributed by atoms with Crippen molar-refractivity contribution in [1.82, 2.24) is 4.98 Å². The third-order valence-corrected chi connectivity index (χ3v) is 6.02. The Morgan fingerprint density at radius 3 is 2.66 bits per heavy atom. The maximum absolute atomic E-state index is 11.8. The van der Waals surface area contributed by atoms with E-state index in [0.717, 1.165) is 20.3 Å². The molecule has 0 spiro atoms. The number of anilines is 1. The van der Waals surface area contributed by atoms with E-state index in [2.05, 4.69) is 10.3 Å². The molecule has 0 bridgehead atoms. The molecule has 150 valence electrons. The number of nitrogens with zero attached hydrogens (tertiary/aromatic N) is 2. The third kappa shape index (κ3) is 6.26. The second kappa shape index (κ2) is 9.99. The number of rotatable bonds is 9. The number of fused-ring (bicyclic) bond motifs is 1. The van der Waals surface area contributed by atoms with Crippen LogP contribution in [0.4, 0.5) is 11.4 Å². The summed E-state index contributed by atoms with van der Waals surface area (Å²) in [7, 11) is 0. The Bertz CT molecular complexity index is 987. The average molecular weight is 431 g/mol. The summed E-state index contributed by atoms with van der Waals surface area (Å²) in [6, 6.07) is 13.3. The van der Waals surface area contributed by atoms with Crippen molar-refractivity contribution in [1.29, 1.82) is 0 Å². The standard InChI is InChI=1S/C19H17N3O5S2/c23-17(20-13-7-9-14(10-8-13)22(25)26)12-27-18(24)6-3-11-28-19-21-15-4-1-2-5-16(15)29-19/h1-2,4-5,7-10H,3,6,11-12H2,(H,20,23). The van der Waals surface area contributed by atoms with E-state index in [1.165, 1.54) is 24.3 Å². The first-order chi connectivity index (χ1) is 14.0. The van der Waals surface area contributed by atoms with Crippen LogP contribution in [0.1, 0.15) is 12.8 Å². The minimum atomic E-state index is -0.525. The van der Waals surface area contributed by atoms with Gasteiger partial charge in [-0.15, -0.1) is 11.3 Å². The number of nitrogens with one attached hydrogen (secondary N) is 1. The molecule has 0 radical (unpaired) electrons. The lowest BCUT2D eigenvalue weighted by molar-refractivity contribution is -0.384. The maximum atomic E-state index is 11.8. The topological polar surface area (TPSA) is 111 Å². The second-order valence-electron chi connectivity index (χ2n) is 5.91. The summed E-state index contributed by atoms with van der Waals surface area (Å²) in [5.74, 6) is -0.228. The molecule has 2 aromatic carbocycles. The number of carbonyl (C=O) groups is 2. The fourth-order valence-corrected chi connectivity index (χ4v) is 4.45. The van der Waals surface area contributed by atoms with E-state index in [1.807, 2.05) is 24.3 Å². The summed E-state index contributed by atoms with van der Waals surface area (Å²) in [5.41, 5.74) is 1.29. The van der Waals surface area contributed by atoms with Gasteiger partial charge in [-0.3, -0.25) is 19.7 Å². The molecule has 0 atom stereocenters. The van der Waals surface area contributed by atoms with Crippen molar-refractivity contribution in [2.24, 2.45) is 0 Å². The number of non-ortho nitro benzene ring substituents is 1. The van der Waals surface area contributed by atoms with Crippen molar-refractivity contribution in [3.8, 4) is 0 Å². The minimum Gasteiger partial charge on any atom is -0.456 e. The molecule has 0 aliphatic rings. The SMILES string of the molecule is O=C(COC(=O)CCCSc1nc2ccccc2s1)Nc1ccc([N+](=O)[O-])cc1. The van der Waals surface area contributed by atoms with Crippen LogP contribution < -0.4 is 5.32 Å². The highest BCUT2D eigenvalue weighted by molar-refractivity contribution is 8.01. The number of hydrogen-bond acceptors (Lipinski definition) is 8. The van der Waals surface area contributed by atoms with Gasteiger partial charge in [0.15, 0.2) is 10.9 Å². The molecule has 3 aromatic rings. The van der Waals surface area contributed by atoms with Gasteiger partial charge in [0.2, 0.25) is 0 Å². The van der Waals surface area contributed by atoms with Crippen LogP contribution in [0.2, 0.25) is 0 Å². The van der Waals surface area contributed by atoms with Crippen molar-refractivity contribution < 1.29 is 19.2 Å². The molecule has 0 saturated carbocycles. The number of nitro groups is 1. The Labute approximate surface area is 174 Å². The van der Waals surface area contributed by atoms with Gasteiger partial charge in [0, 0.05) is 30.0 Å². The molecule has 1 aromatic heterocycles. The fourth-order valence-electron chi connectivity index (χ4n) is 2.37. The maximum Gasteiger partial charge on any atom is 0.306 e. The van der Waals surface area contributed by atoms with E-state index >= 15 is 0 Å². The Kier molecular flexibility index (Phi) is 7.14. The highest BCUT2D eigenvalue weighted by Crippen LogP contribution is 2.29. The first-order valence-electron chi connectivity index (χ1n) is 8.69. The molecule has 3 rings (SSSR count). The number of carbonyl (C=O) groups excluding carboxylic acids is 2. The Balaban J connectivity index is 1.33. The summed E-state index contributed by atoms with van der Waals surface area (Å²) in [4.78, 5) is 38.2. The number of hydrogen-bond donors (Lipinski definition) is 1. The molecule has 0 unspecified atom stereocenters. The fraction of sp³-hybridized carbons (Fsp3) is 0.211. The number of amides is 1. The van der Waals surface area contributed by atoms with Gasteiger partial charge < -0.3 is 10.1 Å². The molecular formula is C19H17N3O5S2. The van der Waals surface area contributed by atoms with Crippen LogP contribution >= 0.6 is 23.1 Å². The van der Waals surface area contributed by atoms with E-state index in [0.29, 0.717) is 12.1 Å². The zero-order valence-electron chi connectivity index (χ0n) is 15.2. The summed E-state index contributed by atoms with van der Waals surface area (Å²) in [6.07, 6.45) is 0.825. The molecule has 0 fully saturated rings. The quantitative estimate of drug-likeness (QED) is 0.177. The molecule has 8 nitrogen and oxygen atoms in total. The first-order valence-corrected chi connectivity index (χ1v) is 10.5. The van der Waals surface area contributed by atoms with Crippen molar-refractivity contribution in [3.63, 3.8) is 0 Å². The van der Waals surface area contributed by atoms with E-state index in [1.54, 1.807) is 23.1 Å². The number of thioether (sulfide) groups is 1. The number of para-hydroxylation sites is 1. The number of nitro benzene ring substituents is 1. The predicted molar refractivity (Wildman–Crippen MR) is 112 cm³/mol. The summed E-state index contributed by atoms with van der Waals surface area (Å²) in [5, 5.41) is 13.1. The van der Waals surface area contributed by atoms with Gasteiger partial charge >= 0.3 is 5.97 Å². The van der Waals surface area contributed by atoms with E-state index in [4.69, 9.17) is 4.74 Å². The highest BCUT2D eigenvalue weighted by Gasteiger charge is 2.10. The van der Waals surface area contributed by atoms with Gasteiger partial charge in [-0.1, -0.05) is 23.9 Å². The average Bonchev–Trinajstić information content (AvgIpc) is 3.13. The molecule has 0 saturated heterocycles. The normalized spacial score (nSPS) is 10.6. The molecule has 1 heterocycles. The minimum absolute atomic E-state index is 0.0712. The number of thiazole rings is 1. The summed E-state index contributed by atoms with van der Waals surface area (Å²) in [6.45, 7) is -0.402. The number of ether oxygens (including phenoxy) is 1. The Morgan fingerprint density at radius 2 is 1.93 bits per heavy atom. The van der Waals surface area contributed by atoms with Crippen molar-refractivity contribution in [2.75, 3.05) is 17.7 Å². The highest BCUT2D eigenvalue weighted by atomic mass is 32.2. The first kappa shape index (κ1) is 20.7. The largest absolute Gasteiger partial charge is 0.456 e. The molecule has 10 heteroatoms. The van der Waals surface area contributed by atoms with Crippen LogP contribution in [-0.2, 0) is 14.3 Å². The van der Waals surface area contributed by atoms with Gasteiger partial charge in [-0.05, 0) is 30.7 Å². The van der Waals surface area contributed by atoms with Crippen LogP contribution in [0.3, 0.4) is 0 Å². The number of aromatic nitrogens is 1. The van der Waals surface area contributed by atoms with Crippen molar-refractivity contribution in [2.45, 2.75) is 17.2 Å². The molecule has 0 aliphatic carbocycles. The smallest absolute Gasteiger partial charge is 0.306 e. The lowest BCUT2D eigenvalue weighted by Gasteiger charge is -2.06. The van der Waals surface area contributed by atoms with E-state index in [9.17, 15) is 19.7 Å². The van der Waals surface area contributed by atoms with Gasteiger partial charge in [0.25, 0.3) is 11.6 Å². The third-order valence-electron chi connectivity index (χ3n) is 3.75. The zero-order valence-corrected chi connectivity index (χ0v) is 16.8. The Morgan fingerprint density at radius 1 is 1.17 bits per heavy atom. The monoisotopic (exact) mass is 431 g/mol. The van der Waals surface area contributed by atoms with Gasteiger partial charge in [0.05, 0.1) is 15.1 Å². The molecule has 1 N–H and O–H groups in total. The van der Waals surface area contributed by atoms with Crippen LogP contribution in [0.25, 0.3) is 10.2 Å². The number of benzene rings is 2. The summed E-state index contributed by atoms with van der Waals surface area (Å²) < 4.78 is 7.05. The van der Waals surface area contributed by atoms with Gasteiger partial charge in [-0.2, -0.15) is 0 Å². The van der Waals surface area contributed by atoms with Crippen LogP contribution in [0.5, 0.6) is 0 Å². The van der Waals surface area contributed by atoms with Crippen LogP contribution in [-0.4, -0.2) is 34.1 Å². The second-order valence-corrected chi connectivity index (χ2v) is 8.29. The lowest BCUT2D eigenvalue weighted by atomic mass is 10.3. The van der Waals surface area contributed by atoms with Crippen molar-refractivity contribution >= 4 is 56.6 Å². The van der Waals surface area contributed by atoms with Gasteiger partial charge in [0.1, 0.15) is 0 Å². The molecule has 1 amide bonds. The lowest BCUT2D eigenvalue weighted by Crippen LogP contribution is -2.20. The van der Waals surface area contributed by atoms with E-state index < -0.39 is 23.4 Å². The zero-order chi connectivity index (χ0) is 20.6. The molecular weight excluding hydrogens is 414 g/mol. The number of esters is 1. The summed E-state index contributed by atoms with van der Waals surface area (Å²) >= 11 is 3.21. The predicted octanol–water partition coefficient (Wildman–Crippen LogP) is 4.26.